The van der Waals surface area contributed by atoms with Gasteiger partial charge in [-0.1, -0.05) is 29.8 Å². The number of rotatable bonds is 6. The van der Waals surface area contributed by atoms with E-state index < -0.39 is 0 Å². The van der Waals surface area contributed by atoms with Crippen LogP contribution in [0.15, 0.2) is 48.5 Å². The van der Waals surface area contributed by atoms with Gasteiger partial charge in [-0.15, -0.1) is 0 Å². The summed E-state index contributed by atoms with van der Waals surface area (Å²) in [5, 5.41) is 3.17. The van der Waals surface area contributed by atoms with Crippen molar-refractivity contribution >= 4 is 23.2 Å². The predicted octanol–water partition coefficient (Wildman–Crippen LogP) is 3.76. The van der Waals surface area contributed by atoms with Crippen LogP contribution >= 0.6 is 11.6 Å². The quantitative estimate of drug-likeness (QED) is 0.827. The molecule has 0 heterocycles. The van der Waals surface area contributed by atoms with Crippen LogP contribution in [-0.2, 0) is 4.79 Å². The average Bonchev–Trinajstić information content (AvgIpc) is 2.47. The number of para-hydroxylation sites is 1. The number of carbonyl (C=O) groups excluding carboxylic acids is 1. The Morgan fingerprint density at radius 3 is 2.52 bits per heavy atom. The Morgan fingerprint density at radius 2 is 1.81 bits per heavy atom. The third kappa shape index (κ3) is 5.00. The molecule has 110 valence electrons. The number of benzene rings is 2. The van der Waals surface area contributed by atoms with E-state index in [0.29, 0.717) is 29.7 Å². The summed E-state index contributed by atoms with van der Waals surface area (Å²) < 4.78 is 11.1. The maximum atomic E-state index is 11.0. The molecule has 0 aliphatic carbocycles. The SMILES string of the molecule is CC(=O)Nc1ccc(Cl)c(OCCOc2ccccc2)c1. The lowest BCUT2D eigenvalue weighted by Gasteiger charge is -2.11. The Labute approximate surface area is 128 Å². The second-order valence-corrected chi connectivity index (χ2v) is 4.74. The van der Waals surface area contributed by atoms with Gasteiger partial charge in [0.15, 0.2) is 0 Å². The van der Waals surface area contributed by atoms with Crippen molar-refractivity contribution < 1.29 is 14.3 Å². The zero-order valence-electron chi connectivity index (χ0n) is 11.6. The number of nitrogens with one attached hydrogen (secondary N) is 1. The van der Waals surface area contributed by atoms with Crippen molar-refractivity contribution in [2.75, 3.05) is 18.5 Å². The number of anilines is 1. The first kappa shape index (κ1) is 15.2. The third-order valence-corrected chi connectivity index (χ3v) is 2.92. The summed E-state index contributed by atoms with van der Waals surface area (Å²) in [4.78, 5) is 11.0. The van der Waals surface area contributed by atoms with E-state index in [1.165, 1.54) is 6.92 Å². The molecule has 2 aromatic rings. The summed E-state index contributed by atoms with van der Waals surface area (Å²) in [5.41, 5.74) is 0.644. The highest BCUT2D eigenvalue weighted by molar-refractivity contribution is 6.32. The molecule has 0 aliphatic heterocycles. The van der Waals surface area contributed by atoms with Crippen LogP contribution < -0.4 is 14.8 Å². The summed E-state index contributed by atoms with van der Waals surface area (Å²) in [5.74, 6) is 1.16. The van der Waals surface area contributed by atoms with Gasteiger partial charge in [-0.25, -0.2) is 0 Å². The molecule has 1 N–H and O–H groups in total. The summed E-state index contributed by atoms with van der Waals surface area (Å²) >= 11 is 6.05. The van der Waals surface area contributed by atoms with Crippen LogP contribution in [-0.4, -0.2) is 19.1 Å². The fourth-order valence-corrected chi connectivity index (χ4v) is 1.89. The van der Waals surface area contributed by atoms with Crippen LogP contribution in [0, 0.1) is 0 Å². The van der Waals surface area contributed by atoms with Gasteiger partial charge < -0.3 is 14.8 Å². The number of carbonyl (C=O) groups is 1. The Balaban J connectivity index is 1.86. The molecule has 0 spiro atoms. The highest BCUT2D eigenvalue weighted by atomic mass is 35.5. The van der Waals surface area contributed by atoms with E-state index in [-0.39, 0.29) is 5.91 Å². The van der Waals surface area contributed by atoms with Gasteiger partial charge in [-0.2, -0.15) is 0 Å². The van der Waals surface area contributed by atoms with E-state index in [4.69, 9.17) is 21.1 Å². The largest absolute Gasteiger partial charge is 0.490 e. The number of ether oxygens (including phenoxy) is 2. The van der Waals surface area contributed by atoms with E-state index in [1.807, 2.05) is 30.3 Å². The second-order valence-electron chi connectivity index (χ2n) is 4.34. The van der Waals surface area contributed by atoms with Gasteiger partial charge in [-0.05, 0) is 24.3 Å². The van der Waals surface area contributed by atoms with Crippen LogP contribution in [0.5, 0.6) is 11.5 Å². The van der Waals surface area contributed by atoms with Crippen LogP contribution in [0.3, 0.4) is 0 Å². The van der Waals surface area contributed by atoms with E-state index in [9.17, 15) is 4.79 Å². The molecule has 4 nitrogen and oxygen atoms in total. The van der Waals surface area contributed by atoms with Gasteiger partial charge in [0.05, 0.1) is 5.02 Å². The van der Waals surface area contributed by atoms with Gasteiger partial charge in [-0.3, -0.25) is 4.79 Å². The maximum Gasteiger partial charge on any atom is 0.221 e. The molecule has 0 fully saturated rings. The van der Waals surface area contributed by atoms with Crippen molar-refractivity contribution in [1.29, 1.82) is 0 Å². The molecule has 1 amide bonds. The van der Waals surface area contributed by atoms with Crippen molar-refractivity contribution in [2.45, 2.75) is 6.92 Å². The van der Waals surface area contributed by atoms with Gasteiger partial charge in [0.2, 0.25) is 5.91 Å². The molecule has 21 heavy (non-hydrogen) atoms. The maximum absolute atomic E-state index is 11.0. The Hall–Kier alpha value is -2.20. The molecular formula is C16H16ClNO3. The van der Waals surface area contributed by atoms with Gasteiger partial charge in [0.25, 0.3) is 0 Å². The smallest absolute Gasteiger partial charge is 0.221 e. The van der Waals surface area contributed by atoms with Crippen molar-refractivity contribution in [3.8, 4) is 11.5 Å². The minimum absolute atomic E-state index is 0.143. The molecule has 0 aromatic heterocycles. The first-order valence-electron chi connectivity index (χ1n) is 6.53. The molecule has 2 aromatic carbocycles. The lowest BCUT2D eigenvalue weighted by molar-refractivity contribution is -0.114. The Kier molecular flexibility index (Phi) is 5.46. The third-order valence-electron chi connectivity index (χ3n) is 2.60. The molecule has 5 heteroatoms. The van der Waals surface area contributed by atoms with Crippen LogP contribution in [0.1, 0.15) is 6.92 Å². The molecule has 0 bridgehead atoms. The molecule has 0 atom stereocenters. The van der Waals surface area contributed by atoms with E-state index in [2.05, 4.69) is 5.32 Å². The van der Waals surface area contributed by atoms with Gasteiger partial charge in [0.1, 0.15) is 24.7 Å². The number of amides is 1. The first-order chi connectivity index (χ1) is 10.1. The molecular weight excluding hydrogens is 290 g/mol. The van der Waals surface area contributed by atoms with Crippen molar-refractivity contribution in [1.82, 2.24) is 0 Å². The van der Waals surface area contributed by atoms with Gasteiger partial charge in [0, 0.05) is 18.7 Å². The normalized spacial score (nSPS) is 10.0. The van der Waals surface area contributed by atoms with E-state index in [0.717, 1.165) is 5.75 Å². The fourth-order valence-electron chi connectivity index (χ4n) is 1.72. The van der Waals surface area contributed by atoms with Gasteiger partial charge >= 0.3 is 0 Å². The Morgan fingerprint density at radius 1 is 1.10 bits per heavy atom. The van der Waals surface area contributed by atoms with Crippen LogP contribution in [0.25, 0.3) is 0 Å². The van der Waals surface area contributed by atoms with Crippen LogP contribution in [0.4, 0.5) is 5.69 Å². The molecule has 2 rings (SSSR count). The molecule has 0 saturated carbocycles. The zero-order chi connectivity index (χ0) is 15.1. The first-order valence-corrected chi connectivity index (χ1v) is 6.91. The molecule has 0 saturated heterocycles. The lowest BCUT2D eigenvalue weighted by Crippen LogP contribution is -2.10. The summed E-state index contributed by atoms with van der Waals surface area (Å²) in [7, 11) is 0. The molecule has 0 unspecified atom stereocenters. The highest BCUT2D eigenvalue weighted by Crippen LogP contribution is 2.27. The van der Waals surface area contributed by atoms with Crippen molar-refractivity contribution in [3.63, 3.8) is 0 Å². The summed E-state index contributed by atoms with van der Waals surface area (Å²) in [6, 6.07) is 14.6. The fraction of sp³-hybridized carbons (Fsp3) is 0.188. The van der Waals surface area contributed by atoms with Crippen molar-refractivity contribution in [2.24, 2.45) is 0 Å². The monoisotopic (exact) mass is 305 g/mol. The van der Waals surface area contributed by atoms with E-state index >= 15 is 0 Å². The topological polar surface area (TPSA) is 47.6 Å². The summed E-state index contributed by atoms with van der Waals surface area (Å²) in [6.07, 6.45) is 0. The minimum Gasteiger partial charge on any atom is -0.490 e. The molecule has 0 aliphatic rings. The van der Waals surface area contributed by atoms with Crippen LogP contribution in [0.2, 0.25) is 5.02 Å². The summed E-state index contributed by atoms with van der Waals surface area (Å²) in [6.45, 7) is 2.21. The Bertz CT molecular complexity index is 602. The highest BCUT2D eigenvalue weighted by Gasteiger charge is 2.04. The lowest BCUT2D eigenvalue weighted by atomic mass is 10.3. The predicted molar refractivity (Wildman–Crippen MR) is 83.2 cm³/mol. The standard InChI is InChI=1S/C16H16ClNO3/c1-12(19)18-13-7-8-15(17)16(11-13)21-10-9-20-14-5-3-2-4-6-14/h2-8,11H,9-10H2,1H3,(H,18,19). The average molecular weight is 306 g/mol. The minimum atomic E-state index is -0.143. The number of hydrogen-bond donors (Lipinski definition) is 1. The zero-order valence-corrected chi connectivity index (χ0v) is 12.4. The second kappa shape index (κ2) is 7.55. The molecule has 0 radical (unpaired) electrons. The number of hydrogen-bond acceptors (Lipinski definition) is 3. The van der Waals surface area contributed by atoms with Crippen molar-refractivity contribution in [3.05, 3.63) is 53.6 Å². The van der Waals surface area contributed by atoms with E-state index in [1.54, 1.807) is 18.2 Å². The number of halogens is 1.